The summed E-state index contributed by atoms with van der Waals surface area (Å²) in [6, 6.07) is 5.51. The average molecular weight is 252 g/mol. The lowest BCUT2D eigenvalue weighted by atomic mass is 10.2. The van der Waals surface area contributed by atoms with Crippen molar-refractivity contribution >= 4 is 5.91 Å². The van der Waals surface area contributed by atoms with Gasteiger partial charge in [0.2, 0.25) is 0 Å². The highest BCUT2D eigenvalue weighted by molar-refractivity contribution is 5.94. The maximum Gasteiger partial charge on any atom is 0.251 e. The summed E-state index contributed by atoms with van der Waals surface area (Å²) in [4.78, 5) is 13.8. The van der Waals surface area contributed by atoms with E-state index in [1.807, 2.05) is 4.90 Å². The number of carbonyl (C=O) groups excluding carboxylic acids is 1. The second kappa shape index (κ2) is 5.46. The minimum atomic E-state index is -0.488. The maximum absolute atomic E-state index is 12.7. The van der Waals surface area contributed by atoms with Crippen molar-refractivity contribution in [2.24, 2.45) is 0 Å². The zero-order valence-electron chi connectivity index (χ0n) is 10.3. The Morgan fingerprint density at radius 3 is 2.72 bits per heavy atom. The number of aliphatic hydroxyl groups excluding tert-OH is 1. The third-order valence-electron chi connectivity index (χ3n) is 3.19. The van der Waals surface area contributed by atoms with Gasteiger partial charge in [0.25, 0.3) is 5.91 Å². The van der Waals surface area contributed by atoms with Gasteiger partial charge in [-0.25, -0.2) is 4.39 Å². The van der Waals surface area contributed by atoms with Crippen LogP contribution in [0.4, 0.5) is 4.39 Å². The fraction of sp³-hybridized carbons (Fsp3) is 0.462. The van der Waals surface area contributed by atoms with Crippen molar-refractivity contribution in [2.45, 2.75) is 25.6 Å². The summed E-state index contributed by atoms with van der Waals surface area (Å²) < 4.78 is 12.7. The van der Waals surface area contributed by atoms with Crippen LogP contribution in [0.5, 0.6) is 0 Å². The Kier molecular flexibility index (Phi) is 3.93. The van der Waals surface area contributed by atoms with Gasteiger partial charge in [-0.2, -0.15) is 0 Å². The highest BCUT2D eigenvalue weighted by Gasteiger charge is 2.26. The second-order valence-electron chi connectivity index (χ2n) is 4.59. The number of hydrogen-bond acceptors (Lipinski definition) is 3. The Morgan fingerprint density at radius 1 is 1.50 bits per heavy atom. The van der Waals surface area contributed by atoms with E-state index in [4.69, 9.17) is 0 Å². The van der Waals surface area contributed by atoms with Gasteiger partial charge in [-0.3, -0.25) is 9.69 Å². The smallest absolute Gasteiger partial charge is 0.251 e. The van der Waals surface area contributed by atoms with Crippen molar-refractivity contribution < 1.29 is 14.3 Å². The van der Waals surface area contributed by atoms with Gasteiger partial charge in [0, 0.05) is 24.7 Å². The molecule has 1 aliphatic rings. The van der Waals surface area contributed by atoms with Crippen molar-refractivity contribution in [1.82, 2.24) is 10.2 Å². The van der Waals surface area contributed by atoms with E-state index in [0.29, 0.717) is 12.1 Å². The highest BCUT2D eigenvalue weighted by Crippen LogP contribution is 2.12. The van der Waals surface area contributed by atoms with Crippen LogP contribution in [0.3, 0.4) is 0 Å². The lowest BCUT2D eigenvalue weighted by Crippen LogP contribution is -2.39. The van der Waals surface area contributed by atoms with Gasteiger partial charge in [0.05, 0.1) is 0 Å². The van der Waals surface area contributed by atoms with Gasteiger partial charge in [-0.05, 0) is 37.6 Å². The van der Waals surface area contributed by atoms with Crippen LogP contribution in [-0.4, -0.2) is 41.3 Å². The minimum absolute atomic E-state index is 0.0390. The molecule has 1 aromatic rings. The van der Waals surface area contributed by atoms with Crippen molar-refractivity contribution in [3.05, 3.63) is 35.6 Å². The Balaban J connectivity index is 1.91. The van der Waals surface area contributed by atoms with E-state index in [1.54, 1.807) is 6.92 Å². The number of benzene rings is 1. The third-order valence-corrected chi connectivity index (χ3v) is 3.19. The number of carbonyl (C=O) groups is 1. The molecule has 0 saturated carbocycles. The second-order valence-corrected chi connectivity index (χ2v) is 4.59. The van der Waals surface area contributed by atoms with Crippen LogP contribution in [0, 0.1) is 5.82 Å². The lowest BCUT2D eigenvalue weighted by Gasteiger charge is -2.19. The van der Waals surface area contributed by atoms with Crippen LogP contribution in [0.25, 0.3) is 0 Å². The van der Waals surface area contributed by atoms with Crippen LogP contribution in [0.1, 0.15) is 23.7 Å². The van der Waals surface area contributed by atoms with Crippen LogP contribution >= 0.6 is 0 Å². The Labute approximate surface area is 105 Å². The Bertz CT molecular complexity index is 420. The normalized spacial score (nSPS) is 21.8. The van der Waals surface area contributed by atoms with Crippen LogP contribution in [-0.2, 0) is 0 Å². The fourth-order valence-electron chi connectivity index (χ4n) is 2.11. The first-order valence-electron chi connectivity index (χ1n) is 6.05. The molecular weight excluding hydrogens is 235 g/mol. The molecule has 1 aromatic carbocycles. The SMILES string of the molecule is CC(O)N1CCC(NC(=O)c2ccc(F)cc2)C1. The first kappa shape index (κ1) is 13.0. The van der Waals surface area contributed by atoms with E-state index in [0.717, 1.165) is 13.0 Å². The molecule has 0 bridgehead atoms. The lowest BCUT2D eigenvalue weighted by molar-refractivity contribution is 0.0350. The molecule has 1 aliphatic heterocycles. The van der Waals surface area contributed by atoms with Crippen molar-refractivity contribution in [1.29, 1.82) is 0 Å². The number of nitrogens with zero attached hydrogens (tertiary/aromatic N) is 1. The maximum atomic E-state index is 12.7. The van der Waals surface area contributed by atoms with Crippen molar-refractivity contribution in [3.8, 4) is 0 Å². The van der Waals surface area contributed by atoms with Gasteiger partial charge >= 0.3 is 0 Å². The van der Waals surface area contributed by atoms with Gasteiger partial charge in [0.15, 0.2) is 0 Å². The Morgan fingerprint density at radius 2 is 2.17 bits per heavy atom. The third kappa shape index (κ3) is 3.05. The zero-order valence-corrected chi connectivity index (χ0v) is 10.3. The number of amides is 1. The molecule has 2 atom stereocenters. The average Bonchev–Trinajstić information content (AvgIpc) is 2.78. The summed E-state index contributed by atoms with van der Waals surface area (Å²) in [5.41, 5.74) is 0.451. The summed E-state index contributed by atoms with van der Waals surface area (Å²) in [6.07, 6.45) is 0.329. The van der Waals surface area contributed by atoms with E-state index >= 15 is 0 Å². The predicted molar refractivity (Wildman–Crippen MR) is 65.5 cm³/mol. The first-order chi connectivity index (χ1) is 8.56. The molecule has 1 amide bonds. The van der Waals surface area contributed by atoms with Crippen molar-refractivity contribution in [3.63, 3.8) is 0 Å². The van der Waals surface area contributed by atoms with E-state index in [1.165, 1.54) is 24.3 Å². The molecule has 2 unspecified atom stereocenters. The molecule has 1 fully saturated rings. The molecular formula is C13H17FN2O2. The molecule has 2 rings (SSSR count). The summed E-state index contributed by atoms with van der Waals surface area (Å²) in [5, 5.41) is 12.3. The van der Waals surface area contributed by atoms with E-state index in [2.05, 4.69) is 5.32 Å². The van der Waals surface area contributed by atoms with E-state index < -0.39 is 6.23 Å². The molecule has 5 heteroatoms. The summed E-state index contributed by atoms with van der Waals surface area (Å²) in [6.45, 7) is 3.13. The minimum Gasteiger partial charge on any atom is -0.379 e. The largest absolute Gasteiger partial charge is 0.379 e. The number of nitrogens with one attached hydrogen (secondary N) is 1. The van der Waals surface area contributed by atoms with Crippen LogP contribution in [0.2, 0.25) is 0 Å². The number of hydrogen-bond donors (Lipinski definition) is 2. The predicted octanol–water partition coefficient (Wildman–Crippen LogP) is 0.968. The summed E-state index contributed by atoms with van der Waals surface area (Å²) >= 11 is 0. The quantitative estimate of drug-likeness (QED) is 0.842. The standard InChI is InChI=1S/C13H17FN2O2/c1-9(17)16-7-6-12(8-16)15-13(18)10-2-4-11(14)5-3-10/h2-5,9,12,17H,6-8H2,1H3,(H,15,18). The molecule has 0 aromatic heterocycles. The molecule has 0 aliphatic carbocycles. The molecule has 18 heavy (non-hydrogen) atoms. The highest BCUT2D eigenvalue weighted by atomic mass is 19.1. The number of rotatable bonds is 3. The van der Waals surface area contributed by atoms with Crippen LogP contribution < -0.4 is 5.32 Å². The number of likely N-dealkylation sites (tertiary alicyclic amines) is 1. The zero-order chi connectivity index (χ0) is 13.1. The molecule has 98 valence electrons. The van der Waals surface area contributed by atoms with E-state index in [-0.39, 0.29) is 17.8 Å². The Hall–Kier alpha value is -1.46. The van der Waals surface area contributed by atoms with Gasteiger partial charge < -0.3 is 10.4 Å². The molecule has 4 nitrogen and oxygen atoms in total. The first-order valence-corrected chi connectivity index (χ1v) is 6.05. The van der Waals surface area contributed by atoms with E-state index in [9.17, 15) is 14.3 Å². The van der Waals surface area contributed by atoms with Crippen LogP contribution in [0.15, 0.2) is 24.3 Å². The summed E-state index contributed by atoms with van der Waals surface area (Å²) in [5.74, 6) is -0.555. The molecule has 1 saturated heterocycles. The van der Waals surface area contributed by atoms with Gasteiger partial charge in [-0.15, -0.1) is 0 Å². The van der Waals surface area contributed by atoms with Gasteiger partial charge in [0.1, 0.15) is 12.0 Å². The molecule has 0 spiro atoms. The van der Waals surface area contributed by atoms with Crippen molar-refractivity contribution in [2.75, 3.05) is 13.1 Å². The molecule has 0 radical (unpaired) electrons. The monoisotopic (exact) mass is 252 g/mol. The number of aliphatic hydroxyl groups is 1. The molecule has 1 heterocycles. The topological polar surface area (TPSA) is 52.6 Å². The van der Waals surface area contributed by atoms with Gasteiger partial charge in [-0.1, -0.05) is 0 Å². The summed E-state index contributed by atoms with van der Waals surface area (Å²) in [7, 11) is 0. The number of halogens is 1. The fourth-order valence-corrected chi connectivity index (χ4v) is 2.11. The molecule has 2 N–H and O–H groups in total.